The number of amides is 1. The van der Waals surface area contributed by atoms with Gasteiger partial charge >= 0.3 is 0 Å². The quantitative estimate of drug-likeness (QED) is 0.718. The molecule has 0 bridgehead atoms. The summed E-state index contributed by atoms with van der Waals surface area (Å²) in [6, 6.07) is 8.56. The average molecular weight is 320 g/mol. The van der Waals surface area contributed by atoms with E-state index in [1.165, 1.54) is 4.90 Å². The first-order valence-corrected chi connectivity index (χ1v) is 6.97. The van der Waals surface area contributed by atoms with Crippen LogP contribution in [0.2, 0.25) is 10.0 Å². The summed E-state index contributed by atoms with van der Waals surface area (Å²) in [6.07, 6.45) is 5.22. The van der Waals surface area contributed by atoms with Crippen LogP contribution in [-0.2, 0) is 0 Å². The number of carbonyl (C=O) groups excluding carboxylic acids is 1. The molecule has 6 heteroatoms. The number of pyridine rings is 1. The van der Waals surface area contributed by atoms with E-state index in [4.69, 9.17) is 23.2 Å². The molecule has 0 fully saturated rings. The highest BCUT2D eigenvalue weighted by atomic mass is 35.5. The molecular formula is C15H11Cl2N3O. The molecule has 0 atom stereocenters. The number of anilines is 1. The number of halogens is 2. The molecule has 21 heavy (non-hydrogen) atoms. The summed E-state index contributed by atoms with van der Waals surface area (Å²) >= 11 is 11.9. The minimum Gasteiger partial charge on any atom is -0.311 e. The zero-order valence-electron chi connectivity index (χ0n) is 11.1. The molecule has 3 rings (SSSR count). The first-order chi connectivity index (χ1) is 10.0. The van der Waals surface area contributed by atoms with Gasteiger partial charge in [-0.25, -0.2) is 4.98 Å². The lowest BCUT2D eigenvalue weighted by Gasteiger charge is -2.18. The van der Waals surface area contributed by atoms with Crippen LogP contribution >= 0.6 is 23.2 Å². The van der Waals surface area contributed by atoms with Crippen molar-refractivity contribution in [3.63, 3.8) is 0 Å². The van der Waals surface area contributed by atoms with E-state index in [1.807, 2.05) is 0 Å². The van der Waals surface area contributed by atoms with Crippen molar-refractivity contribution < 1.29 is 4.79 Å². The highest BCUT2D eigenvalue weighted by molar-refractivity contribution is 6.35. The van der Waals surface area contributed by atoms with Crippen molar-refractivity contribution >= 4 is 40.4 Å². The van der Waals surface area contributed by atoms with E-state index < -0.39 is 0 Å². The number of carbonyl (C=O) groups is 1. The summed E-state index contributed by atoms with van der Waals surface area (Å²) in [5, 5.41) is 0.976. The van der Waals surface area contributed by atoms with Crippen LogP contribution in [-0.4, -0.2) is 22.3 Å². The standard InChI is InChI=1S/C15H11Cl2N3O/c1-19(13-7-11(16)6-12(17)8-13)15(21)10-2-3-14-18-4-5-20(14)9-10/h2-9H,1H3. The largest absolute Gasteiger partial charge is 0.311 e. The lowest BCUT2D eigenvalue weighted by molar-refractivity contribution is 0.0992. The maximum Gasteiger partial charge on any atom is 0.259 e. The summed E-state index contributed by atoms with van der Waals surface area (Å²) < 4.78 is 1.80. The van der Waals surface area contributed by atoms with Gasteiger partial charge in [-0.2, -0.15) is 0 Å². The highest BCUT2D eigenvalue weighted by Crippen LogP contribution is 2.25. The molecule has 0 aliphatic heterocycles. The van der Waals surface area contributed by atoms with Crippen LogP contribution < -0.4 is 4.90 Å². The molecule has 0 unspecified atom stereocenters. The normalized spacial score (nSPS) is 10.8. The first-order valence-electron chi connectivity index (χ1n) is 6.21. The number of nitrogens with zero attached hydrogens (tertiary/aromatic N) is 3. The Balaban J connectivity index is 1.96. The molecule has 2 heterocycles. The summed E-state index contributed by atoms with van der Waals surface area (Å²) in [6.45, 7) is 0. The second-order valence-electron chi connectivity index (χ2n) is 4.60. The van der Waals surface area contributed by atoms with Gasteiger partial charge in [-0.1, -0.05) is 23.2 Å². The van der Waals surface area contributed by atoms with Crippen LogP contribution in [0.3, 0.4) is 0 Å². The van der Waals surface area contributed by atoms with E-state index in [1.54, 1.807) is 60.4 Å². The fraction of sp³-hybridized carbons (Fsp3) is 0.0667. The third kappa shape index (κ3) is 2.73. The van der Waals surface area contributed by atoms with E-state index in [0.29, 0.717) is 21.3 Å². The van der Waals surface area contributed by atoms with E-state index in [2.05, 4.69) is 4.98 Å². The maximum absolute atomic E-state index is 12.5. The van der Waals surface area contributed by atoms with Gasteiger partial charge in [0.1, 0.15) is 5.65 Å². The smallest absolute Gasteiger partial charge is 0.259 e. The van der Waals surface area contributed by atoms with Crippen LogP contribution in [0.1, 0.15) is 10.4 Å². The van der Waals surface area contributed by atoms with Crippen LogP contribution in [0, 0.1) is 0 Å². The van der Waals surface area contributed by atoms with Crippen molar-refractivity contribution in [2.45, 2.75) is 0 Å². The van der Waals surface area contributed by atoms with Crippen LogP contribution in [0.4, 0.5) is 5.69 Å². The van der Waals surface area contributed by atoms with Crippen LogP contribution in [0.5, 0.6) is 0 Å². The lowest BCUT2D eigenvalue weighted by atomic mass is 10.2. The van der Waals surface area contributed by atoms with Gasteiger partial charge in [0.25, 0.3) is 5.91 Å². The number of aromatic nitrogens is 2. The minimum absolute atomic E-state index is 0.149. The molecule has 0 radical (unpaired) electrons. The molecule has 1 amide bonds. The third-order valence-corrected chi connectivity index (χ3v) is 3.61. The van der Waals surface area contributed by atoms with Crippen molar-refractivity contribution in [1.82, 2.24) is 9.38 Å². The molecule has 2 aromatic heterocycles. The van der Waals surface area contributed by atoms with Gasteiger partial charge in [0.05, 0.1) is 5.56 Å². The van der Waals surface area contributed by atoms with Gasteiger partial charge in [-0.3, -0.25) is 4.79 Å². The Morgan fingerprint density at radius 2 is 1.90 bits per heavy atom. The second-order valence-corrected chi connectivity index (χ2v) is 5.48. The van der Waals surface area contributed by atoms with Crippen LogP contribution in [0.15, 0.2) is 48.9 Å². The van der Waals surface area contributed by atoms with E-state index in [9.17, 15) is 4.79 Å². The van der Waals surface area contributed by atoms with Crippen molar-refractivity contribution in [2.24, 2.45) is 0 Å². The zero-order chi connectivity index (χ0) is 15.0. The van der Waals surface area contributed by atoms with Crippen LogP contribution in [0.25, 0.3) is 5.65 Å². The van der Waals surface area contributed by atoms with Crippen molar-refractivity contribution in [1.29, 1.82) is 0 Å². The number of benzene rings is 1. The number of hydrogen-bond acceptors (Lipinski definition) is 2. The molecule has 0 saturated carbocycles. The molecule has 0 saturated heterocycles. The van der Waals surface area contributed by atoms with Gasteiger partial charge in [0.2, 0.25) is 0 Å². The van der Waals surface area contributed by atoms with Gasteiger partial charge < -0.3 is 9.30 Å². The van der Waals surface area contributed by atoms with Gasteiger partial charge in [-0.05, 0) is 30.3 Å². The molecule has 0 spiro atoms. The third-order valence-electron chi connectivity index (χ3n) is 3.17. The van der Waals surface area contributed by atoms with Crippen molar-refractivity contribution in [2.75, 3.05) is 11.9 Å². The Kier molecular flexibility index (Phi) is 3.57. The lowest BCUT2D eigenvalue weighted by Crippen LogP contribution is -2.26. The molecule has 1 aromatic carbocycles. The molecule has 106 valence electrons. The molecule has 0 aliphatic rings. The van der Waals surface area contributed by atoms with Gasteiger partial charge in [-0.15, -0.1) is 0 Å². The Bertz CT molecular complexity index is 808. The zero-order valence-corrected chi connectivity index (χ0v) is 12.6. The van der Waals surface area contributed by atoms with Gasteiger partial charge in [0.15, 0.2) is 0 Å². The SMILES string of the molecule is CN(C(=O)c1ccc2nccn2c1)c1cc(Cl)cc(Cl)c1. The first kappa shape index (κ1) is 13.9. The van der Waals surface area contributed by atoms with E-state index >= 15 is 0 Å². The molecule has 0 N–H and O–H groups in total. The fourth-order valence-electron chi connectivity index (χ4n) is 2.09. The number of rotatable bonds is 2. The summed E-state index contributed by atoms with van der Waals surface area (Å²) in [7, 11) is 1.68. The number of hydrogen-bond donors (Lipinski definition) is 0. The maximum atomic E-state index is 12.5. The van der Waals surface area contributed by atoms with Crippen molar-refractivity contribution in [3.05, 3.63) is 64.5 Å². The summed E-state index contributed by atoms with van der Waals surface area (Å²) in [5.41, 5.74) is 1.99. The molecule has 4 nitrogen and oxygen atoms in total. The predicted octanol–water partition coefficient (Wildman–Crippen LogP) is 3.92. The van der Waals surface area contributed by atoms with Crippen molar-refractivity contribution in [3.8, 4) is 0 Å². The Morgan fingerprint density at radius 3 is 2.62 bits per heavy atom. The van der Waals surface area contributed by atoms with E-state index in [0.717, 1.165) is 5.65 Å². The predicted molar refractivity (Wildman–Crippen MR) is 84.4 cm³/mol. The number of imidazole rings is 1. The topological polar surface area (TPSA) is 37.6 Å². The Hall–Kier alpha value is -2.04. The monoisotopic (exact) mass is 319 g/mol. The second kappa shape index (κ2) is 5.39. The fourth-order valence-corrected chi connectivity index (χ4v) is 2.60. The number of fused-ring (bicyclic) bond motifs is 1. The highest BCUT2D eigenvalue weighted by Gasteiger charge is 2.15. The minimum atomic E-state index is -0.149. The summed E-state index contributed by atoms with van der Waals surface area (Å²) in [4.78, 5) is 18.2. The van der Waals surface area contributed by atoms with E-state index in [-0.39, 0.29) is 5.91 Å². The molecule has 3 aromatic rings. The molecular weight excluding hydrogens is 309 g/mol. The van der Waals surface area contributed by atoms with Gasteiger partial charge in [0, 0.05) is 41.4 Å². The Morgan fingerprint density at radius 1 is 1.19 bits per heavy atom. The summed E-state index contributed by atoms with van der Waals surface area (Å²) in [5.74, 6) is -0.149. The Labute approximate surface area is 131 Å². The average Bonchev–Trinajstić information content (AvgIpc) is 2.92. The molecule has 0 aliphatic carbocycles.